The van der Waals surface area contributed by atoms with Crippen molar-refractivity contribution in [3.05, 3.63) is 47.4 Å². The SMILES string of the molecule is CC(C(=O)C1CCCCC1)c1ccc2c(c1)nc(NC(=O)c1cc(C#N)co1)n2CCC(N)=O. The maximum Gasteiger partial charge on any atom is 0.293 e. The van der Waals surface area contributed by atoms with Gasteiger partial charge in [0.05, 0.1) is 16.6 Å². The number of carbonyl (C=O) groups is 3. The van der Waals surface area contributed by atoms with E-state index in [2.05, 4.69) is 10.3 Å². The van der Waals surface area contributed by atoms with Gasteiger partial charge in [0.2, 0.25) is 11.9 Å². The maximum atomic E-state index is 13.0. The summed E-state index contributed by atoms with van der Waals surface area (Å²) < 4.78 is 6.85. The standard InChI is InChI=1S/C25H27N5O4/c1-15(23(32)17-5-3-2-4-6-17)18-7-8-20-19(12-18)28-25(30(20)10-9-22(27)31)29-24(33)21-11-16(13-26)14-34-21/h7-8,11-12,14-15,17H,2-6,9-10H2,1H3,(H2,27,31)(H,28,29,33). The molecule has 1 aliphatic rings. The quantitative estimate of drug-likeness (QED) is 0.521. The van der Waals surface area contributed by atoms with Crippen molar-refractivity contribution in [1.29, 1.82) is 5.26 Å². The number of hydrogen-bond donors (Lipinski definition) is 2. The van der Waals surface area contributed by atoms with Crippen LogP contribution in [0.3, 0.4) is 0 Å². The molecular formula is C25H27N5O4. The van der Waals surface area contributed by atoms with Crippen LogP contribution >= 0.6 is 0 Å². The molecule has 3 N–H and O–H groups in total. The molecule has 1 fully saturated rings. The number of primary amides is 1. The molecule has 9 heteroatoms. The molecule has 0 spiro atoms. The zero-order valence-corrected chi connectivity index (χ0v) is 19.0. The first kappa shape index (κ1) is 23.2. The van der Waals surface area contributed by atoms with Gasteiger partial charge in [-0.15, -0.1) is 0 Å². The first-order valence-corrected chi connectivity index (χ1v) is 11.5. The summed E-state index contributed by atoms with van der Waals surface area (Å²) in [4.78, 5) is 41.7. The molecule has 0 aliphatic heterocycles. The van der Waals surface area contributed by atoms with Crippen molar-refractivity contribution in [1.82, 2.24) is 9.55 Å². The van der Waals surface area contributed by atoms with Gasteiger partial charge >= 0.3 is 0 Å². The number of nitriles is 1. The number of hydrogen-bond acceptors (Lipinski definition) is 6. The van der Waals surface area contributed by atoms with Gasteiger partial charge in [-0.25, -0.2) is 4.98 Å². The van der Waals surface area contributed by atoms with Gasteiger partial charge in [0.25, 0.3) is 5.91 Å². The van der Waals surface area contributed by atoms with E-state index in [1.165, 1.54) is 18.8 Å². The summed E-state index contributed by atoms with van der Waals surface area (Å²) in [7, 11) is 0. The molecule has 4 rings (SSSR count). The van der Waals surface area contributed by atoms with Gasteiger partial charge in [0.1, 0.15) is 18.1 Å². The van der Waals surface area contributed by atoms with Crippen LogP contribution in [0.2, 0.25) is 0 Å². The number of nitrogens with zero attached hydrogens (tertiary/aromatic N) is 3. The molecule has 0 radical (unpaired) electrons. The first-order valence-electron chi connectivity index (χ1n) is 11.5. The number of ketones is 1. The minimum Gasteiger partial charge on any atom is -0.458 e. The Morgan fingerprint density at radius 2 is 2.03 bits per heavy atom. The Balaban J connectivity index is 1.63. The summed E-state index contributed by atoms with van der Waals surface area (Å²) in [6.45, 7) is 2.15. The number of furan rings is 1. The molecule has 1 aliphatic carbocycles. The average molecular weight is 462 g/mol. The molecule has 2 heterocycles. The molecule has 1 unspecified atom stereocenters. The molecule has 0 bridgehead atoms. The number of carbonyl (C=O) groups excluding carboxylic acids is 3. The smallest absolute Gasteiger partial charge is 0.293 e. The van der Waals surface area contributed by atoms with Crippen LogP contribution in [0.4, 0.5) is 5.95 Å². The summed E-state index contributed by atoms with van der Waals surface area (Å²) in [6, 6.07) is 8.85. The number of nitrogens with two attached hydrogens (primary N) is 1. The van der Waals surface area contributed by atoms with E-state index in [-0.39, 0.29) is 47.9 Å². The van der Waals surface area contributed by atoms with Crippen LogP contribution in [0.5, 0.6) is 0 Å². The zero-order chi connectivity index (χ0) is 24.2. The second kappa shape index (κ2) is 9.91. The molecule has 176 valence electrons. The molecular weight excluding hydrogens is 434 g/mol. The van der Waals surface area contributed by atoms with Crippen molar-refractivity contribution in [2.75, 3.05) is 5.32 Å². The van der Waals surface area contributed by atoms with Crippen LogP contribution in [0.25, 0.3) is 11.0 Å². The third kappa shape index (κ3) is 4.86. The van der Waals surface area contributed by atoms with Gasteiger partial charge in [0.15, 0.2) is 5.76 Å². The van der Waals surface area contributed by atoms with E-state index in [9.17, 15) is 14.4 Å². The molecule has 0 saturated heterocycles. The number of nitrogens with one attached hydrogen (secondary N) is 1. The highest BCUT2D eigenvalue weighted by Crippen LogP contribution is 2.32. The molecule has 1 atom stereocenters. The highest BCUT2D eigenvalue weighted by molar-refractivity contribution is 6.02. The molecule has 1 saturated carbocycles. The summed E-state index contributed by atoms with van der Waals surface area (Å²) >= 11 is 0. The third-order valence-electron chi connectivity index (χ3n) is 6.47. The minimum atomic E-state index is -0.571. The second-order valence-corrected chi connectivity index (χ2v) is 8.78. The lowest BCUT2D eigenvalue weighted by Crippen LogP contribution is -2.22. The Morgan fingerprint density at radius 3 is 2.71 bits per heavy atom. The number of amides is 2. The van der Waals surface area contributed by atoms with Crippen molar-refractivity contribution in [2.24, 2.45) is 11.7 Å². The predicted octanol–water partition coefficient (Wildman–Crippen LogP) is 3.88. The van der Waals surface area contributed by atoms with Crippen molar-refractivity contribution in [3.8, 4) is 6.07 Å². The van der Waals surface area contributed by atoms with Crippen LogP contribution in [0.15, 0.2) is 34.9 Å². The average Bonchev–Trinajstić information content (AvgIpc) is 3.46. The summed E-state index contributed by atoms with van der Waals surface area (Å²) in [5, 5.41) is 11.6. The van der Waals surface area contributed by atoms with E-state index < -0.39 is 11.8 Å². The summed E-state index contributed by atoms with van der Waals surface area (Å²) in [5.41, 5.74) is 7.73. The minimum absolute atomic E-state index is 0.0301. The maximum absolute atomic E-state index is 13.0. The lowest BCUT2D eigenvalue weighted by molar-refractivity contribution is -0.125. The zero-order valence-electron chi connectivity index (χ0n) is 19.0. The normalized spacial score (nSPS) is 15.1. The van der Waals surface area contributed by atoms with Crippen molar-refractivity contribution < 1.29 is 18.8 Å². The van der Waals surface area contributed by atoms with Crippen LogP contribution in [-0.4, -0.2) is 27.1 Å². The highest BCUT2D eigenvalue weighted by atomic mass is 16.3. The fraction of sp³-hybridized carbons (Fsp3) is 0.400. The molecule has 9 nitrogen and oxygen atoms in total. The highest BCUT2D eigenvalue weighted by Gasteiger charge is 2.27. The van der Waals surface area contributed by atoms with Crippen LogP contribution in [-0.2, 0) is 16.1 Å². The topological polar surface area (TPSA) is 144 Å². The van der Waals surface area contributed by atoms with E-state index in [4.69, 9.17) is 15.4 Å². The fourth-order valence-corrected chi connectivity index (χ4v) is 4.54. The number of imidazole rings is 1. The molecule has 1 aromatic carbocycles. The Hall–Kier alpha value is -3.93. The Morgan fingerprint density at radius 1 is 1.26 bits per heavy atom. The molecule has 2 aromatic heterocycles. The number of rotatable bonds is 8. The number of Topliss-reactive ketones (excluding diaryl/α,β-unsaturated/α-hetero) is 1. The van der Waals surface area contributed by atoms with Crippen LogP contribution in [0, 0.1) is 17.2 Å². The van der Waals surface area contributed by atoms with Crippen molar-refractivity contribution in [2.45, 2.75) is 57.9 Å². The van der Waals surface area contributed by atoms with E-state index in [1.807, 2.05) is 31.2 Å². The number of fused-ring (bicyclic) bond motifs is 1. The van der Waals surface area contributed by atoms with Gasteiger partial charge in [-0.2, -0.15) is 5.26 Å². The summed E-state index contributed by atoms with van der Waals surface area (Å²) in [6.07, 6.45) is 6.54. The third-order valence-corrected chi connectivity index (χ3v) is 6.47. The van der Waals surface area contributed by atoms with Gasteiger partial charge in [-0.3, -0.25) is 19.7 Å². The largest absolute Gasteiger partial charge is 0.458 e. The lowest BCUT2D eigenvalue weighted by Gasteiger charge is -2.23. The molecule has 34 heavy (non-hydrogen) atoms. The lowest BCUT2D eigenvalue weighted by atomic mass is 9.80. The van der Waals surface area contributed by atoms with E-state index >= 15 is 0 Å². The van der Waals surface area contributed by atoms with E-state index in [1.54, 1.807) is 4.57 Å². The number of aromatic nitrogens is 2. The van der Waals surface area contributed by atoms with E-state index in [0.29, 0.717) is 11.0 Å². The van der Waals surface area contributed by atoms with Gasteiger partial charge in [-0.1, -0.05) is 32.3 Å². The monoisotopic (exact) mass is 461 g/mol. The number of anilines is 1. The van der Waals surface area contributed by atoms with E-state index in [0.717, 1.165) is 31.2 Å². The Kier molecular flexibility index (Phi) is 6.77. The van der Waals surface area contributed by atoms with Crippen LogP contribution < -0.4 is 11.1 Å². The van der Waals surface area contributed by atoms with Gasteiger partial charge in [-0.05, 0) is 30.5 Å². The van der Waals surface area contributed by atoms with Gasteiger partial charge in [0, 0.05) is 30.9 Å². The van der Waals surface area contributed by atoms with Gasteiger partial charge < -0.3 is 14.7 Å². The van der Waals surface area contributed by atoms with Crippen molar-refractivity contribution in [3.63, 3.8) is 0 Å². The molecule has 2 amide bonds. The molecule has 3 aromatic rings. The first-order chi connectivity index (χ1) is 16.4. The number of benzene rings is 1. The van der Waals surface area contributed by atoms with Crippen LogP contribution in [0.1, 0.15) is 73.0 Å². The second-order valence-electron chi connectivity index (χ2n) is 8.78. The predicted molar refractivity (Wildman–Crippen MR) is 125 cm³/mol. The fourth-order valence-electron chi connectivity index (χ4n) is 4.54. The van der Waals surface area contributed by atoms with Crippen molar-refractivity contribution >= 4 is 34.6 Å². The number of aryl methyl sites for hydroxylation is 1. The summed E-state index contributed by atoms with van der Waals surface area (Å²) in [5.74, 6) is -0.753. The Labute approximate surface area is 196 Å². The Bertz CT molecular complexity index is 1280.